The van der Waals surface area contributed by atoms with Gasteiger partial charge in [0.05, 0.1) is 0 Å². The van der Waals surface area contributed by atoms with E-state index in [1.54, 1.807) is 24.3 Å². The fourth-order valence-corrected chi connectivity index (χ4v) is 9.79. The van der Waals surface area contributed by atoms with Crippen LogP contribution in [0.25, 0.3) is 0 Å². The molecule has 2 rings (SSSR count). The van der Waals surface area contributed by atoms with Gasteiger partial charge in [-0.05, 0) is 0 Å². The molecule has 4 nitrogen and oxygen atoms in total. The molecule has 0 fully saturated rings. The average Bonchev–Trinajstić information content (AvgIpc) is 2.75. The van der Waals surface area contributed by atoms with Crippen LogP contribution >= 0.6 is 42.8 Å². The summed E-state index contributed by atoms with van der Waals surface area (Å²) < 4.78 is 137. The van der Waals surface area contributed by atoms with Gasteiger partial charge in [0.25, 0.3) is 0 Å². The minimum atomic E-state index is -6.73. The van der Waals surface area contributed by atoms with Crippen molar-refractivity contribution in [2.75, 3.05) is 0 Å². The zero-order chi connectivity index (χ0) is 30.5. The molecule has 0 spiro atoms. The van der Waals surface area contributed by atoms with Gasteiger partial charge < -0.3 is 0 Å². The summed E-state index contributed by atoms with van der Waals surface area (Å²) in [7, 11) is -6.73. The van der Waals surface area contributed by atoms with E-state index in [0.29, 0.717) is 0 Å². The van der Waals surface area contributed by atoms with Crippen molar-refractivity contribution in [1.29, 1.82) is 0 Å². The van der Waals surface area contributed by atoms with E-state index in [1.807, 2.05) is 41.5 Å². The topological polar surface area (TPSA) is 52.6 Å². The number of ether oxygens (including phenoxy) is 1. The molecule has 15 heteroatoms. The molecule has 0 aliphatic heterocycles. The van der Waals surface area contributed by atoms with E-state index in [1.165, 1.54) is 24.3 Å². The second kappa shape index (κ2) is 11.1. The Balaban J connectivity index is 2.59. The molecule has 0 atom stereocenters. The normalized spacial score (nSPS) is 14.9. The van der Waals surface area contributed by atoms with Crippen molar-refractivity contribution in [2.45, 2.75) is 73.8 Å². The second-order valence-electron chi connectivity index (χ2n) is 10.4. The summed E-state index contributed by atoms with van der Waals surface area (Å²) in [6, 6.07) is 11.9. The maximum absolute atomic E-state index is 14.6. The monoisotopic (exact) mass is 816 g/mol. The summed E-state index contributed by atoms with van der Waals surface area (Å²) in [4.78, 5) is 0. The van der Waals surface area contributed by atoms with E-state index in [9.17, 15) is 43.5 Å². The summed E-state index contributed by atoms with van der Waals surface area (Å²) in [5, 5.41) is -6.46. The van der Waals surface area contributed by atoms with Gasteiger partial charge in [0.15, 0.2) is 0 Å². The summed E-state index contributed by atoms with van der Waals surface area (Å²) in [5.41, 5.74) is 0.856. The zero-order valence-electron chi connectivity index (χ0n) is 21.4. The second-order valence-corrected chi connectivity index (χ2v) is 18.3. The summed E-state index contributed by atoms with van der Waals surface area (Å²) in [6.45, 7) is 11.3. The first-order valence-corrected chi connectivity index (χ1v) is 16.5. The Kier molecular flexibility index (Phi) is 9.82. The van der Waals surface area contributed by atoms with Gasteiger partial charge in [0.1, 0.15) is 0 Å². The molecule has 0 N–H and O–H groups in total. The van der Waals surface area contributed by atoms with E-state index in [0.717, 1.165) is 11.1 Å². The molecule has 2 aromatic rings. The summed E-state index contributed by atoms with van der Waals surface area (Å²) in [5.74, 6) is 0. The molecular formula is C24H26F8I2O4S. The van der Waals surface area contributed by atoms with Crippen LogP contribution in [0.3, 0.4) is 0 Å². The molecule has 0 heterocycles. The van der Waals surface area contributed by atoms with Crippen LogP contribution in [0.2, 0.25) is 0 Å². The van der Waals surface area contributed by atoms with Crippen LogP contribution in [0.5, 0.6) is 0 Å². The van der Waals surface area contributed by atoms with Gasteiger partial charge in [0.2, 0.25) is 0 Å². The Hall–Kier alpha value is -0.790. The van der Waals surface area contributed by atoms with E-state index in [2.05, 4.69) is 4.74 Å². The van der Waals surface area contributed by atoms with Gasteiger partial charge >= 0.3 is 244 Å². The van der Waals surface area contributed by atoms with Crippen LogP contribution in [-0.4, -0.2) is 29.8 Å². The van der Waals surface area contributed by atoms with Gasteiger partial charge in [-0.3, -0.25) is 0 Å². The summed E-state index contributed by atoms with van der Waals surface area (Å²) >= 11 is -4.31. The van der Waals surface area contributed by atoms with Crippen LogP contribution in [0, 0.1) is 7.14 Å². The molecule has 222 valence electrons. The van der Waals surface area contributed by atoms with Gasteiger partial charge in [-0.15, -0.1) is 0 Å². The zero-order valence-corrected chi connectivity index (χ0v) is 26.6. The van der Waals surface area contributed by atoms with Crippen LogP contribution < -0.4 is 0 Å². The van der Waals surface area contributed by atoms with Gasteiger partial charge in [-0.25, -0.2) is 0 Å². The van der Waals surface area contributed by atoms with E-state index in [-0.39, 0.29) is 40.6 Å². The Morgan fingerprint density at radius 2 is 0.974 bits per heavy atom. The van der Waals surface area contributed by atoms with Crippen molar-refractivity contribution in [3.63, 3.8) is 0 Å². The predicted octanol–water partition coefficient (Wildman–Crippen LogP) is 8.91. The Morgan fingerprint density at radius 1 is 0.641 bits per heavy atom. The van der Waals surface area contributed by atoms with Gasteiger partial charge in [-0.2, -0.15) is 0 Å². The summed E-state index contributed by atoms with van der Waals surface area (Å²) in [6.07, 6.45) is -12.7. The first-order valence-electron chi connectivity index (χ1n) is 11.0. The van der Waals surface area contributed by atoms with Crippen LogP contribution in [0.1, 0.15) is 52.7 Å². The molecule has 0 unspecified atom stereocenters. The average molecular weight is 816 g/mol. The molecule has 0 saturated heterocycles. The molecule has 0 bridgehead atoms. The third kappa shape index (κ3) is 7.74. The van der Waals surface area contributed by atoms with Crippen molar-refractivity contribution < 1.29 is 50.8 Å². The van der Waals surface area contributed by atoms with Gasteiger partial charge in [0, 0.05) is 0 Å². The molecular weight excluding hydrogens is 790 g/mol. The predicted molar refractivity (Wildman–Crippen MR) is 147 cm³/mol. The molecule has 39 heavy (non-hydrogen) atoms. The number of rotatable bonds is 9. The number of halogens is 10. The van der Waals surface area contributed by atoms with Gasteiger partial charge in [-0.1, -0.05) is 0 Å². The number of benzene rings is 2. The van der Waals surface area contributed by atoms with Crippen molar-refractivity contribution in [1.82, 2.24) is 0 Å². The van der Waals surface area contributed by atoms with Crippen molar-refractivity contribution in [3.05, 3.63) is 66.8 Å². The SMILES string of the molecule is CC(C)(C)c1ccc(I(OS(=O)(=O)C(F)(F)C(F)(F)OC(F)(F)C(F)(F)I)c2ccc(C(C)(C)C)cc2)cc1. The van der Waals surface area contributed by atoms with Crippen molar-refractivity contribution in [3.8, 4) is 0 Å². The Labute approximate surface area is 243 Å². The molecule has 0 amide bonds. The molecule has 0 aliphatic carbocycles. The third-order valence-electron chi connectivity index (χ3n) is 5.20. The van der Waals surface area contributed by atoms with E-state index >= 15 is 0 Å². The molecule has 2 aromatic carbocycles. The van der Waals surface area contributed by atoms with E-state index < -0.39 is 51.8 Å². The van der Waals surface area contributed by atoms with Crippen molar-refractivity contribution in [2.24, 2.45) is 0 Å². The molecule has 0 aliphatic rings. The van der Waals surface area contributed by atoms with Crippen molar-refractivity contribution >= 4 is 52.9 Å². The number of hydrogen-bond donors (Lipinski definition) is 0. The van der Waals surface area contributed by atoms with Crippen LogP contribution in [0.15, 0.2) is 48.5 Å². The Morgan fingerprint density at radius 3 is 1.26 bits per heavy atom. The molecule has 0 aromatic heterocycles. The fraction of sp³-hybridized carbons (Fsp3) is 0.500. The number of hydrogen-bond acceptors (Lipinski definition) is 4. The molecule has 0 saturated carbocycles. The van der Waals surface area contributed by atoms with Crippen LogP contribution in [-0.2, 0) is 28.2 Å². The quantitative estimate of drug-likeness (QED) is 0.144. The maximum atomic E-state index is 14.6. The Bertz CT molecular complexity index is 1190. The standard InChI is InChI=1S/C24H26F8I2O4S/c1-19(2,3)15-7-11-17(12-8-15)34(18-13-9-16(10-14-18)20(4,5)6)38-39(35,36)24(31,32)23(29,30)37-22(27,28)21(25,26)33/h7-14H,1-6H3. The fourth-order valence-electron chi connectivity index (χ4n) is 2.87. The van der Waals surface area contributed by atoms with Crippen LogP contribution in [0.4, 0.5) is 35.1 Å². The van der Waals surface area contributed by atoms with E-state index in [4.69, 9.17) is 2.51 Å². The number of alkyl halides is 9. The minimum absolute atomic E-state index is 0.100. The first kappa shape index (κ1) is 34.4. The molecule has 0 radical (unpaired) electrons. The first-order chi connectivity index (χ1) is 17.2. The third-order valence-corrected chi connectivity index (χ3v) is 13.2.